The van der Waals surface area contributed by atoms with Gasteiger partial charge in [0.2, 0.25) is 5.13 Å². The summed E-state index contributed by atoms with van der Waals surface area (Å²) in [4.78, 5) is 4.53. The zero-order chi connectivity index (χ0) is 10.3. The van der Waals surface area contributed by atoms with Crippen LogP contribution in [0.3, 0.4) is 0 Å². The SMILES string of the molecule is COC1(c2nsc(NC3CC3)n2)CCC1. The van der Waals surface area contributed by atoms with E-state index in [0.29, 0.717) is 6.04 Å². The second-order valence-corrected chi connectivity index (χ2v) is 5.15. The molecule has 0 saturated heterocycles. The van der Waals surface area contributed by atoms with E-state index in [4.69, 9.17) is 4.74 Å². The van der Waals surface area contributed by atoms with Crippen LogP contribution in [-0.4, -0.2) is 22.5 Å². The molecule has 1 aromatic heterocycles. The predicted octanol–water partition coefficient (Wildman–Crippen LogP) is 2.14. The number of aromatic nitrogens is 2. The van der Waals surface area contributed by atoms with E-state index in [1.165, 1.54) is 30.8 Å². The largest absolute Gasteiger partial charge is 0.370 e. The first-order chi connectivity index (χ1) is 7.32. The summed E-state index contributed by atoms with van der Waals surface area (Å²) in [6.07, 6.45) is 5.87. The maximum absolute atomic E-state index is 5.55. The van der Waals surface area contributed by atoms with Crippen molar-refractivity contribution >= 4 is 16.7 Å². The lowest BCUT2D eigenvalue weighted by atomic mass is 9.79. The molecule has 15 heavy (non-hydrogen) atoms. The molecule has 2 aliphatic rings. The molecule has 4 nitrogen and oxygen atoms in total. The van der Waals surface area contributed by atoms with E-state index >= 15 is 0 Å². The van der Waals surface area contributed by atoms with Gasteiger partial charge in [0.05, 0.1) is 0 Å². The van der Waals surface area contributed by atoms with E-state index < -0.39 is 0 Å². The first kappa shape index (κ1) is 9.54. The van der Waals surface area contributed by atoms with E-state index in [1.807, 2.05) is 0 Å². The third-order valence-corrected chi connectivity index (χ3v) is 3.94. The number of nitrogens with zero attached hydrogens (tertiary/aromatic N) is 2. The second kappa shape index (κ2) is 3.42. The van der Waals surface area contributed by atoms with Crippen LogP contribution < -0.4 is 5.32 Å². The lowest BCUT2D eigenvalue weighted by Crippen LogP contribution is -2.37. The van der Waals surface area contributed by atoms with Crippen molar-refractivity contribution in [1.82, 2.24) is 9.36 Å². The fraction of sp³-hybridized carbons (Fsp3) is 0.800. The lowest BCUT2D eigenvalue weighted by Gasteiger charge is -2.37. The minimum absolute atomic E-state index is 0.167. The van der Waals surface area contributed by atoms with Crippen molar-refractivity contribution in [2.24, 2.45) is 0 Å². The second-order valence-electron chi connectivity index (χ2n) is 4.39. The average Bonchev–Trinajstić information content (AvgIpc) is 2.85. The van der Waals surface area contributed by atoms with E-state index in [2.05, 4.69) is 14.7 Å². The lowest BCUT2D eigenvalue weighted by molar-refractivity contribution is -0.0837. The van der Waals surface area contributed by atoms with Crippen molar-refractivity contribution in [1.29, 1.82) is 0 Å². The Morgan fingerprint density at radius 3 is 2.80 bits per heavy atom. The highest BCUT2D eigenvalue weighted by Crippen LogP contribution is 2.43. The summed E-state index contributed by atoms with van der Waals surface area (Å²) in [6, 6.07) is 0.644. The highest BCUT2D eigenvalue weighted by Gasteiger charge is 2.42. The molecule has 2 saturated carbocycles. The van der Waals surface area contributed by atoms with Gasteiger partial charge >= 0.3 is 0 Å². The molecule has 0 radical (unpaired) electrons. The summed E-state index contributed by atoms with van der Waals surface area (Å²) < 4.78 is 9.95. The monoisotopic (exact) mass is 225 g/mol. The molecule has 0 aliphatic heterocycles. The van der Waals surface area contributed by atoms with Gasteiger partial charge in [0, 0.05) is 24.7 Å². The van der Waals surface area contributed by atoms with E-state index in [9.17, 15) is 0 Å². The summed E-state index contributed by atoms with van der Waals surface area (Å²) in [6.45, 7) is 0. The molecule has 82 valence electrons. The first-order valence-corrected chi connectivity index (χ1v) is 6.26. The molecule has 5 heteroatoms. The number of methoxy groups -OCH3 is 1. The maximum Gasteiger partial charge on any atom is 0.202 e. The summed E-state index contributed by atoms with van der Waals surface area (Å²) in [5, 5.41) is 4.32. The Morgan fingerprint density at radius 1 is 1.47 bits per heavy atom. The van der Waals surface area contributed by atoms with Crippen molar-refractivity contribution in [3.8, 4) is 0 Å². The number of hydrogen-bond donors (Lipinski definition) is 1. The molecule has 0 bridgehead atoms. The first-order valence-electron chi connectivity index (χ1n) is 5.48. The van der Waals surface area contributed by atoms with Gasteiger partial charge in [0.15, 0.2) is 5.82 Å². The molecule has 1 heterocycles. The van der Waals surface area contributed by atoms with Gasteiger partial charge in [0.1, 0.15) is 5.60 Å². The Labute approximate surface area is 93.2 Å². The van der Waals surface area contributed by atoms with Crippen LogP contribution in [0.1, 0.15) is 37.9 Å². The Morgan fingerprint density at radius 2 is 2.27 bits per heavy atom. The van der Waals surface area contributed by atoms with E-state index in [0.717, 1.165) is 23.8 Å². The Balaban J connectivity index is 1.76. The van der Waals surface area contributed by atoms with Gasteiger partial charge in [-0.15, -0.1) is 0 Å². The topological polar surface area (TPSA) is 47.0 Å². The van der Waals surface area contributed by atoms with Crippen LogP contribution in [0.25, 0.3) is 0 Å². The number of hydrogen-bond acceptors (Lipinski definition) is 5. The molecule has 0 atom stereocenters. The number of anilines is 1. The van der Waals surface area contributed by atoms with Crippen molar-refractivity contribution < 1.29 is 4.74 Å². The molecular weight excluding hydrogens is 210 g/mol. The van der Waals surface area contributed by atoms with Gasteiger partial charge in [-0.1, -0.05) is 0 Å². The van der Waals surface area contributed by atoms with Crippen molar-refractivity contribution in [2.45, 2.75) is 43.7 Å². The zero-order valence-electron chi connectivity index (χ0n) is 8.82. The van der Waals surface area contributed by atoms with E-state index in [1.54, 1.807) is 7.11 Å². The quantitative estimate of drug-likeness (QED) is 0.852. The smallest absolute Gasteiger partial charge is 0.202 e. The van der Waals surface area contributed by atoms with Crippen LogP contribution >= 0.6 is 11.5 Å². The standard InChI is InChI=1S/C10H15N3OS/c1-14-10(5-2-6-10)8-12-9(15-13-8)11-7-3-4-7/h7H,2-6H2,1H3,(H,11,12,13). The molecule has 3 rings (SSSR count). The molecule has 2 fully saturated rings. The van der Waals surface area contributed by atoms with Gasteiger partial charge in [0.25, 0.3) is 0 Å². The van der Waals surface area contributed by atoms with Gasteiger partial charge in [-0.05, 0) is 32.1 Å². The van der Waals surface area contributed by atoms with Crippen LogP contribution in [0, 0.1) is 0 Å². The molecule has 0 unspecified atom stereocenters. The van der Waals surface area contributed by atoms with E-state index in [-0.39, 0.29) is 5.60 Å². The van der Waals surface area contributed by atoms with Crippen molar-refractivity contribution in [3.05, 3.63) is 5.82 Å². The number of nitrogens with one attached hydrogen (secondary N) is 1. The summed E-state index contributed by atoms with van der Waals surface area (Å²) in [5.41, 5.74) is -0.167. The van der Waals surface area contributed by atoms with Crippen LogP contribution in [0.4, 0.5) is 5.13 Å². The maximum atomic E-state index is 5.55. The van der Waals surface area contributed by atoms with Gasteiger partial charge in [-0.2, -0.15) is 4.37 Å². The fourth-order valence-electron chi connectivity index (χ4n) is 1.89. The number of ether oxygens (including phenoxy) is 1. The van der Waals surface area contributed by atoms with Gasteiger partial charge < -0.3 is 10.1 Å². The Hall–Kier alpha value is -0.680. The molecule has 1 aromatic rings. The Kier molecular flexibility index (Phi) is 2.17. The third-order valence-electron chi connectivity index (χ3n) is 3.29. The minimum atomic E-state index is -0.167. The molecule has 0 amide bonds. The zero-order valence-corrected chi connectivity index (χ0v) is 9.64. The molecule has 2 aliphatic carbocycles. The van der Waals surface area contributed by atoms with Crippen LogP contribution in [-0.2, 0) is 10.3 Å². The summed E-state index contributed by atoms with van der Waals surface area (Å²) in [5.74, 6) is 0.879. The molecule has 0 spiro atoms. The molecule has 0 aromatic carbocycles. The minimum Gasteiger partial charge on any atom is -0.370 e. The highest BCUT2D eigenvalue weighted by molar-refractivity contribution is 7.09. The van der Waals surface area contributed by atoms with Gasteiger partial charge in [-0.3, -0.25) is 0 Å². The summed E-state index contributed by atoms with van der Waals surface area (Å²) in [7, 11) is 1.76. The van der Waals surface area contributed by atoms with Gasteiger partial charge in [-0.25, -0.2) is 4.98 Å². The average molecular weight is 225 g/mol. The van der Waals surface area contributed by atoms with Crippen molar-refractivity contribution in [2.75, 3.05) is 12.4 Å². The van der Waals surface area contributed by atoms with Crippen LogP contribution in [0.5, 0.6) is 0 Å². The Bertz CT molecular complexity index is 352. The predicted molar refractivity (Wildman–Crippen MR) is 59.1 cm³/mol. The number of rotatable bonds is 4. The normalized spacial score (nSPS) is 23.5. The van der Waals surface area contributed by atoms with Crippen molar-refractivity contribution in [3.63, 3.8) is 0 Å². The third kappa shape index (κ3) is 1.63. The van der Waals surface area contributed by atoms with Crippen LogP contribution in [0.15, 0.2) is 0 Å². The molecular formula is C10H15N3OS. The highest BCUT2D eigenvalue weighted by atomic mass is 32.1. The fourth-order valence-corrected chi connectivity index (χ4v) is 2.61. The van der Waals surface area contributed by atoms with Crippen LogP contribution in [0.2, 0.25) is 0 Å². The molecule has 1 N–H and O–H groups in total. The summed E-state index contributed by atoms with van der Waals surface area (Å²) >= 11 is 1.46.